The molecule has 7 heteroatoms. The van der Waals surface area contributed by atoms with E-state index >= 15 is 0 Å². The normalized spacial score (nSPS) is 19.5. The fourth-order valence-corrected chi connectivity index (χ4v) is 4.34. The Morgan fingerprint density at radius 3 is 2.35 bits per heavy atom. The summed E-state index contributed by atoms with van der Waals surface area (Å²) in [7, 11) is 1.85. The minimum absolute atomic E-state index is 0.0866. The smallest absolute Gasteiger partial charge is 0.191 e. The standard InChI is InChI=1S/C24H42N6O/c1-24(2,30-17-19-31-20-18-30)21-27-23(25-3)26-11-7-8-12-28-13-15-29(16-14-28)22-9-5-4-6-10-22/h4-6,9-10H,7-8,11-21H2,1-3H3,(H2,25,26,27). The molecule has 1 aromatic rings. The maximum atomic E-state index is 5.48. The van der Waals surface area contributed by atoms with E-state index in [2.05, 4.69) is 74.5 Å². The van der Waals surface area contributed by atoms with E-state index in [-0.39, 0.29) is 5.54 Å². The molecule has 0 aliphatic carbocycles. The van der Waals surface area contributed by atoms with Gasteiger partial charge in [0.1, 0.15) is 0 Å². The molecule has 1 aromatic carbocycles. The van der Waals surface area contributed by atoms with Gasteiger partial charge in [0.2, 0.25) is 0 Å². The minimum atomic E-state index is 0.0866. The van der Waals surface area contributed by atoms with Crippen molar-refractivity contribution in [2.24, 2.45) is 4.99 Å². The fraction of sp³-hybridized carbons (Fsp3) is 0.708. The molecule has 0 radical (unpaired) electrons. The third kappa shape index (κ3) is 7.66. The van der Waals surface area contributed by atoms with E-state index < -0.39 is 0 Å². The summed E-state index contributed by atoms with van der Waals surface area (Å²) in [4.78, 5) is 12.0. The molecular formula is C24H42N6O. The lowest BCUT2D eigenvalue weighted by molar-refractivity contribution is -0.00833. The molecule has 2 aliphatic rings. The summed E-state index contributed by atoms with van der Waals surface area (Å²) in [6.45, 7) is 15.8. The van der Waals surface area contributed by atoms with Gasteiger partial charge in [0.05, 0.1) is 13.2 Å². The highest BCUT2D eigenvalue weighted by atomic mass is 16.5. The first-order valence-electron chi connectivity index (χ1n) is 11.9. The summed E-state index contributed by atoms with van der Waals surface area (Å²) >= 11 is 0. The lowest BCUT2D eigenvalue weighted by Gasteiger charge is -2.41. The quantitative estimate of drug-likeness (QED) is 0.354. The van der Waals surface area contributed by atoms with Gasteiger partial charge >= 0.3 is 0 Å². The average Bonchev–Trinajstić information content (AvgIpc) is 2.82. The van der Waals surface area contributed by atoms with Crippen molar-refractivity contribution in [3.8, 4) is 0 Å². The van der Waals surface area contributed by atoms with Crippen LogP contribution in [-0.2, 0) is 4.74 Å². The summed E-state index contributed by atoms with van der Waals surface area (Å²) in [5, 5.41) is 6.99. The number of nitrogens with one attached hydrogen (secondary N) is 2. The fourth-order valence-electron chi connectivity index (χ4n) is 4.34. The van der Waals surface area contributed by atoms with Crippen LogP contribution in [0.5, 0.6) is 0 Å². The number of unbranched alkanes of at least 4 members (excludes halogenated alkanes) is 1. The second-order valence-electron chi connectivity index (χ2n) is 9.14. The Bertz CT molecular complexity index is 651. The van der Waals surface area contributed by atoms with Crippen molar-refractivity contribution in [2.75, 3.05) is 84.1 Å². The van der Waals surface area contributed by atoms with Crippen molar-refractivity contribution < 1.29 is 4.74 Å². The van der Waals surface area contributed by atoms with Crippen LogP contribution >= 0.6 is 0 Å². The Hall–Kier alpha value is -1.83. The minimum Gasteiger partial charge on any atom is -0.379 e. The van der Waals surface area contributed by atoms with Crippen LogP contribution in [0.25, 0.3) is 0 Å². The van der Waals surface area contributed by atoms with Crippen LogP contribution in [0.3, 0.4) is 0 Å². The third-order valence-corrected chi connectivity index (χ3v) is 6.47. The summed E-state index contributed by atoms with van der Waals surface area (Å²) in [5.41, 5.74) is 1.44. The van der Waals surface area contributed by atoms with Gasteiger partial charge in [-0.15, -0.1) is 0 Å². The van der Waals surface area contributed by atoms with Gasteiger partial charge in [-0.3, -0.25) is 14.8 Å². The Morgan fingerprint density at radius 1 is 0.968 bits per heavy atom. The molecular weight excluding hydrogens is 388 g/mol. The topological polar surface area (TPSA) is 55.4 Å². The number of morpholine rings is 1. The highest BCUT2D eigenvalue weighted by Gasteiger charge is 2.28. The molecule has 2 aliphatic heterocycles. The molecule has 2 heterocycles. The monoisotopic (exact) mass is 430 g/mol. The number of nitrogens with zero attached hydrogens (tertiary/aromatic N) is 4. The maximum Gasteiger partial charge on any atom is 0.191 e. The van der Waals surface area contributed by atoms with Crippen molar-refractivity contribution in [3.63, 3.8) is 0 Å². The first kappa shape index (κ1) is 23.8. The SMILES string of the molecule is CN=C(NCCCCN1CCN(c2ccccc2)CC1)NCC(C)(C)N1CCOCC1. The van der Waals surface area contributed by atoms with Gasteiger partial charge in [-0.1, -0.05) is 18.2 Å². The Kier molecular flexibility index (Phi) is 9.43. The Labute approximate surface area is 188 Å². The third-order valence-electron chi connectivity index (χ3n) is 6.47. The Balaban J connectivity index is 1.26. The second kappa shape index (κ2) is 12.3. The van der Waals surface area contributed by atoms with Crippen molar-refractivity contribution in [1.82, 2.24) is 20.4 Å². The van der Waals surface area contributed by atoms with E-state index in [4.69, 9.17) is 4.74 Å². The first-order chi connectivity index (χ1) is 15.1. The molecule has 0 aromatic heterocycles. The van der Waals surface area contributed by atoms with E-state index in [1.165, 1.54) is 18.7 Å². The van der Waals surface area contributed by atoms with Crippen molar-refractivity contribution in [1.29, 1.82) is 0 Å². The lowest BCUT2D eigenvalue weighted by Crippen LogP contribution is -2.56. The van der Waals surface area contributed by atoms with E-state index in [9.17, 15) is 0 Å². The van der Waals surface area contributed by atoms with E-state index in [0.29, 0.717) is 0 Å². The number of anilines is 1. The van der Waals surface area contributed by atoms with Crippen LogP contribution in [0.2, 0.25) is 0 Å². The van der Waals surface area contributed by atoms with E-state index in [1.54, 1.807) is 0 Å². The van der Waals surface area contributed by atoms with Crippen LogP contribution in [-0.4, -0.2) is 100 Å². The largest absolute Gasteiger partial charge is 0.379 e. The van der Waals surface area contributed by atoms with Crippen molar-refractivity contribution in [3.05, 3.63) is 30.3 Å². The van der Waals surface area contributed by atoms with Gasteiger partial charge in [0, 0.05) is 70.6 Å². The molecule has 2 saturated heterocycles. The number of hydrogen-bond donors (Lipinski definition) is 2. The number of rotatable bonds is 9. The molecule has 2 fully saturated rings. The van der Waals surface area contributed by atoms with Gasteiger partial charge < -0.3 is 20.3 Å². The highest BCUT2D eigenvalue weighted by molar-refractivity contribution is 5.79. The number of piperazine rings is 1. The van der Waals surface area contributed by atoms with Gasteiger partial charge in [0.25, 0.3) is 0 Å². The van der Waals surface area contributed by atoms with Crippen LogP contribution in [0, 0.1) is 0 Å². The molecule has 0 saturated carbocycles. The van der Waals surface area contributed by atoms with Gasteiger partial charge in [0.15, 0.2) is 5.96 Å². The van der Waals surface area contributed by atoms with Crippen LogP contribution in [0.1, 0.15) is 26.7 Å². The van der Waals surface area contributed by atoms with Gasteiger partial charge in [-0.05, 0) is 45.4 Å². The molecule has 0 unspecified atom stereocenters. The van der Waals surface area contributed by atoms with Crippen LogP contribution in [0.15, 0.2) is 35.3 Å². The zero-order chi connectivity index (χ0) is 21.9. The zero-order valence-corrected chi connectivity index (χ0v) is 19.8. The number of aliphatic imine (C=N–C) groups is 1. The maximum absolute atomic E-state index is 5.48. The van der Waals surface area contributed by atoms with Crippen molar-refractivity contribution >= 4 is 11.6 Å². The highest BCUT2D eigenvalue weighted by Crippen LogP contribution is 2.16. The van der Waals surface area contributed by atoms with Gasteiger partial charge in [-0.2, -0.15) is 0 Å². The molecule has 31 heavy (non-hydrogen) atoms. The summed E-state index contributed by atoms with van der Waals surface area (Å²) in [5.74, 6) is 0.901. The number of para-hydroxylation sites is 1. The van der Waals surface area contributed by atoms with E-state index in [1.807, 2.05) is 7.05 Å². The van der Waals surface area contributed by atoms with Gasteiger partial charge in [-0.25, -0.2) is 0 Å². The molecule has 0 atom stereocenters. The molecule has 0 bridgehead atoms. The molecule has 0 spiro atoms. The summed E-state index contributed by atoms with van der Waals surface area (Å²) in [6, 6.07) is 10.8. The number of guanidine groups is 1. The predicted molar refractivity (Wildman–Crippen MR) is 130 cm³/mol. The number of hydrogen-bond acceptors (Lipinski definition) is 5. The predicted octanol–water partition coefficient (Wildman–Crippen LogP) is 1.86. The second-order valence-corrected chi connectivity index (χ2v) is 9.14. The molecule has 174 valence electrons. The summed E-state index contributed by atoms with van der Waals surface area (Å²) in [6.07, 6.45) is 2.38. The lowest BCUT2D eigenvalue weighted by atomic mass is 10.0. The number of ether oxygens (including phenoxy) is 1. The first-order valence-corrected chi connectivity index (χ1v) is 11.9. The number of benzene rings is 1. The molecule has 0 amide bonds. The van der Waals surface area contributed by atoms with Crippen molar-refractivity contribution in [2.45, 2.75) is 32.2 Å². The molecule has 7 nitrogen and oxygen atoms in total. The summed E-state index contributed by atoms with van der Waals surface area (Å²) < 4.78 is 5.48. The molecule has 2 N–H and O–H groups in total. The molecule has 3 rings (SSSR count). The van der Waals surface area contributed by atoms with Crippen LogP contribution < -0.4 is 15.5 Å². The zero-order valence-electron chi connectivity index (χ0n) is 19.8. The Morgan fingerprint density at radius 2 is 1.68 bits per heavy atom. The van der Waals surface area contributed by atoms with Crippen LogP contribution in [0.4, 0.5) is 5.69 Å². The van der Waals surface area contributed by atoms with E-state index in [0.717, 1.165) is 78.0 Å². The average molecular weight is 431 g/mol.